The van der Waals surface area contributed by atoms with Gasteiger partial charge in [-0.25, -0.2) is 0 Å². The lowest BCUT2D eigenvalue weighted by molar-refractivity contribution is -0.0276. The predicted molar refractivity (Wildman–Crippen MR) is 157 cm³/mol. The van der Waals surface area contributed by atoms with Crippen LogP contribution in [0.1, 0.15) is 0 Å². The third-order valence-corrected chi connectivity index (χ3v) is 5.82. The molecule has 0 spiro atoms. The zero-order chi connectivity index (χ0) is 30.0. The van der Waals surface area contributed by atoms with Crippen molar-refractivity contribution in [2.24, 2.45) is 5.73 Å². The normalized spacial score (nSPS) is 12.0. The van der Waals surface area contributed by atoms with Gasteiger partial charge < -0.3 is 62.3 Å². The highest BCUT2D eigenvalue weighted by Crippen LogP contribution is 2.01. The van der Waals surface area contributed by atoms with Crippen molar-refractivity contribution in [3.63, 3.8) is 0 Å². The van der Waals surface area contributed by atoms with Gasteiger partial charge in [0.05, 0.1) is 152 Å². The smallest absolute Gasteiger partial charge is 0.183 e. The number of rotatable bonds is 36. The van der Waals surface area contributed by atoms with Crippen LogP contribution in [0.3, 0.4) is 0 Å². The molecule has 0 saturated carbocycles. The van der Waals surface area contributed by atoms with Crippen LogP contribution in [0.2, 0.25) is 19.6 Å². The maximum absolute atomic E-state index is 5.71. The molecule has 0 aliphatic carbocycles. The van der Waals surface area contributed by atoms with Gasteiger partial charge in [0.2, 0.25) is 0 Å². The molecular formula is C27H59NO12Si. The molecule has 0 atom stereocenters. The van der Waals surface area contributed by atoms with Crippen LogP contribution in [0.5, 0.6) is 0 Å². The molecule has 0 radical (unpaired) electrons. The Kier molecular flexibility index (Phi) is 33.9. The van der Waals surface area contributed by atoms with Crippen molar-refractivity contribution in [1.29, 1.82) is 0 Å². The van der Waals surface area contributed by atoms with Gasteiger partial charge in [-0.15, -0.1) is 0 Å². The summed E-state index contributed by atoms with van der Waals surface area (Å²) in [6, 6.07) is 0. The Morgan fingerprint density at radius 1 is 0.293 bits per heavy atom. The fourth-order valence-corrected chi connectivity index (χ4v) is 3.49. The van der Waals surface area contributed by atoms with Crippen LogP contribution in [-0.2, 0) is 56.5 Å². The molecule has 0 aliphatic heterocycles. The van der Waals surface area contributed by atoms with E-state index in [1.54, 1.807) is 0 Å². The van der Waals surface area contributed by atoms with Gasteiger partial charge in [0.15, 0.2) is 8.32 Å². The fourth-order valence-electron chi connectivity index (χ4n) is 2.79. The van der Waals surface area contributed by atoms with Crippen LogP contribution < -0.4 is 5.73 Å². The molecule has 0 aromatic carbocycles. The fraction of sp³-hybridized carbons (Fsp3) is 1.00. The Balaban J connectivity index is 3.04. The second-order valence-corrected chi connectivity index (χ2v) is 14.0. The van der Waals surface area contributed by atoms with Gasteiger partial charge in [-0.2, -0.15) is 0 Å². The van der Waals surface area contributed by atoms with E-state index in [9.17, 15) is 0 Å². The topological polar surface area (TPSA) is 137 Å². The van der Waals surface area contributed by atoms with Crippen LogP contribution in [-0.4, -0.2) is 167 Å². The lowest BCUT2D eigenvalue weighted by Gasteiger charge is -2.16. The third-order valence-electron chi connectivity index (χ3n) is 4.75. The largest absolute Gasteiger partial charge is 0.415 e. The highest BCUT2D eigenvalue weighted by Gasteiger charge is 2.13. The van der Waals surface area contributed by atoms with E-state index in [0.29, 0.717) is 159 Å². The van der Waals surface area contributed by atoms with Gasteiger partial charge >= 0.3 is 0 Å². The van der Waals surface area contributed by atoms with Crippen molar-refractivity contribution in [2.45, 2.75) is 19.6 Å². The molecule has 0 aliphatic rings. The molecule has 0 fully saturated rings. The molecule has 0 rings (SSSR count). The Morgan fingerprint density at radius 3 is 0.634 bits per heavy atom. The summed E-state index contributed by atoms with van der Waals surface area (Å²) in [7, 11) is -1.45. The quantitative estimate of drug-likeness (QED) is 0.0791. The summed E-state index contributed by atoms with van der Waals surface area (Å²) in [5.74, 6) is 0. The number of ether oxygens (including phenoxy) is 11. The van der Waals surface area contributed by atoms with Crippen LogP contribution in [0.25, 0.3) is 0 Å². The van der Waals surface area contributed by atoms with Crippen LogP contribution in [0.4, 0.5) is 0 Å². The second-order valence-electron chi connectivity index (χ2n) is 9.49. The predicted octanol–water partition coefficient (Wildman–Crippen LogP) is 0.979. The molecular weight excluding hydrogens is 558 g/mol. The molecule has 0 aromatic heterocycles. The van der Waals surface area contributed by atoms with Gasteiger partial charge in [-0.05, 0) is 19.6 Å². The van der Waals surface area contributed by atoms with Gasteiger partial charge in [0, 0.05) is 6.54 Å². The van der Waals surface area contributed by atoms with Crippen LogP contribution in [0.15, 0.2) is 0 Å². The van der Waals surface area contributed by atoms with E-state index < -0.39 is 8.32 Å². The van der Waals surface area contributed by atoms with Crippen LogP contribution >= 0.6 is 0 Å². The van der Waals surface area contributed by atoms with Gasteiger partial charge in [-0.3, -0.25) is 0 Å². The van der Waals surface area contributed by atoms with Crippen molar-refractivity contribution >= 4 is 8.32 Å². The molecule has 0 bridgehead atoms. The van der Waals surface area contributed by atoms with Crippen molar-refractivity contribution in [3.8, 4) is 0 Å². The average molecular weight is 618 g/mol. The first kappa shape index (κ1) is 40.7. The summed E-state index contributed by atoms with van der Waals surface area (Å²) in [5.41, 5.74) is 5.33. The molecule has 14 heteroatoms. The number of hydrogen-bond acceptors (Lipinski definition) is 13. The van der Waals surface area contributed by atoms with E-state index >= 15 is 0 Å². The molecule has 13 nitrogen and oxygen atoms in total. The number of nitrogens with two attached hydrogens (primary N) is 1. The third kappa shape index (κ3) is 39.7. The maximum atomic E-state index is 5.71. The van der Waals surface area contributed by atoms with E-state index in [1.165, 1.54) is 0 Å². The zero-order valence-corrected chi connectivity index (χ0v) is 26.9. The van der Waals surface area contributed by atoms with Gasteiger partial charge in [0.25, 0.3) is 0 Å². The molecule has 41 heavy (non-hydrogen) atoms. The highest BCUT2D eigenvalue weighted by atomic mass is 28.4. The minimum Gasteiger partial charge on any atom is -0.415 e. The van der Waals surface area contributed by atoms with Crippen LogP contribution in [0, 0.1) is 0 Å². The second kappa shape index (κ2) is 34.2. The van der Waals surface area contributed by atoms with Crippen molar-refractivity contribution in [2.75, 3.05) is 159 Å². The lowest BCUT2D eigenvalue weighted by Crippen LogP contribution is -2.27. The van der Waals surface area contributed by atoms with E-state index in [0.717, 1.165) is 0 Å². The molecule has 0 unspecified atom stereocenters. The van der Waals surface area contributed by atoms with E-state index in [2.05, 4.69) is 19.6 Å². The highest BCUT2D eigenvalue weighted by molar-refractivity contribution is 6.69. The van der Waals surface area contributed by atoms with E-state index in [1.807, 2.05) is 0 Å². The molecule has 0 amide bonds. The summed E-state index contributed by atoms with van der Waals surface area (Å²) < 4.78 is 65.4. The minimum absolute atomic E-state index is 0.516. The van der Waals surface area contributed by atoms with Crippen molar-refractivity contribution < 1.29 is 56.5 Å². The summed E-state index contributed by atoms with van der Waals surface area (Å²) in [6.07, 6.45) is 0. The van der Waals surface area contributed by atoms with Crippen molar-refractivity contribution in [1.82, 2.24) is 0 Å². The standard InChI is InChI=1S/C27H59NO12Si/c1-41(2,3)40-27-26-39-25-24-38-23-22-37-21-20-36-19-18-35-17-16-34-15-14-33-13-12-32-11-10-31-9-8-30-7-6-29-5-4-28/h4-28H2,1-3H3. The average Bonchev–Trinajstić information content (AvgIpc) is 2.94. The van der Waals surface area contributed by atoms with Crippen molar-refractivity contribution in [3.05, 3.63) is 0 Å². The van der Waals surface area contributed by atoms with E-state index in [-0.39, 0.29) is 0 Å². The molecule has 2 N–H and O–H groups in total. The molecule has 0 saturated heterocycles. The summed E-state index contributed by atoms with van der Waals surface area (Å²) >= 11 is 0. The molecule has 248 valence electrons. The maximum Gasteiger partial charge on any atom is 0.183 e. The summed E-state index contributed by atoms with van der Waals surface area (Å²) in [5, 5.41) is 0. The molecule has 0 heterocycles. The first-order valence-electron chi connectivity index (χ1n) is 14.8. The minimum atomic E-state index is -1.45. The summed E-state index contributed by atoms with van der Waals surface area (Å²) in [6.45, 7) is 19.4. The van der Waals surface area contributed by atoms with Gasteiger partial charge in [-0.1, -0.05) is 0 Å². The zero-order valence-electron chi connectivity index (χ0n) is 25.9. The Bertz CT molecular complexity index is 492. The number of hydrogen-bond donors (Lipinski definition) is 1. The Morgan fingerprint density at radius 2 is 0.463 bits per heavy atom. The Hall–Kier alpha value is -0.303. The van der Waals surface area contributed by atoms with E-state index in [4.69, 9.17) is 62.3 Å². The lowest BCUT2D eigenvalue weighted by atomic mass is 10.6. The Labute approximate surface area is 248 Å². The molecule has 0 aromatic rings. The first-order valence-corrected chi connectivity index (χ1v) is 18.2. The SMILES string of the molecule is C[Si](C)(C)OCCOCCOCCOCCOCCOCCOCCOCCOCCOCCOCCOCCN. The first-order chi connectivity index (χ1) is 20.1. The van der Waals surface area contributed by atoms with Gasteiger partial charge in [0.1, 0.15) is 0 Å². The summed E-state index contributed by atoms with van der Waals surface area (Å²) in [4.78, 5) is 0. The monoisotopic (exact) mass is 617 g/mol.